The van der Waals surface area contributed by atoms with E-state index in [1.165, 1.54) is 0 Å². The van der Waals surface area contributed by atoms with E-state index in [4.69, 9.17) is 0 Å². The fourth-order valence-electron chi connectivity index (χ4n) is 3.40. The van der Waals surface area contributed by atoms with E-state index in [1.807, 2.05) is 37.3 Å². The van der Waals surface area contributed by atoms with Gasteiger partial charge in [-0.15, -0.1) is 10.2 Å². The largest absolute Gasteiger partial charge is 0.433 e. The molecule has 0 radical (unpaired) electrons. The number of nitrogens with one attached hydrogen (secondary N) is 1. The van der Waals surface area contributed by atoms with Crippen molar-refractivity contribution in [3.05, 3.63) is 29.7 Å². The monoisotopic (exact) mass is 484 g/mol. The van der Waals surface area contributed by atoms with Crippen LogP contribution in [0.1, 0.15) is 32.3 Å². The van der Waals surface area contributed by atoms with Crippen LogP contribution in [0.3, 0.4) is 0 Å². The molecule has 0 aromatic carbocycles. The predicted octanol–water partition coefficient (Wildman–Crippen LogP) is 3.43. The summed E-state index contributed by atoms with van der Waals surface area (Å²) in [6.45, 7) is 13.0. The highest BCUT2D eigenvalue weighted by molar-refractivity contribution is 7.99. The van der Waals surface area contributed by atoms with E-state index in [2.05, 4.69) is 37.0 Å². The number of anilines is 2. The molecule has 0 unspecified atom stereocenters. The Labute approximate surface area is 196 Å². The topological polar surface area (TPSA) is 75.0 Å². The van der Waals surface area contributed by atoms with Gasteiger partial charge in [0.2, 0.25) is 5.95 Å². The molecule has 1 fully saturated rings. The van der Waals surface area contributed by atoms with Gasteiger partial charge in [0.05, 0.1) is 0 Å². The summed E-state index contributed by atoms with van der Waals surface area (Å²) in [6.07, 6.45) is -4.51. The molecule has 3 rings (SSSR count). The fourth-order valence-corrected chi connectivity index (χ4v) is 4.20. The lowest BCUT2D eigenvalue weighted by Gasteiger charge is -2.36. The molecule has 8 nitrogen and oxygen atoms in total. The van der Waals surface area contributed by atoms with E-state index in [0.29, 0.717) is 43.7 Å². The Morgan fingerprint density at radius 1 is 1.12 bits per heavy atom. The number of hydrogen-bond donors (Lipinski definition) is 1. The van der Waals surface area contributed by atoms with Gasteiger partial charge in [-0.1, -0.05) is 44.7 Å². The third-order valence-electron chi connectivity index (χ3n) is 5.28. The molecule has 2 aromatic rings. The zero-order valence-electron chi connectivity index (χ0n) is 19.7. The molecule has 182 valence electrons. The third-order valence-corrected chi connectivity index (χ3v) is 6.45. The Balaban J connectivity index is 1.58. The highest BCUT2D eigenvalue weighted by atomic mass is 32.2. The molecule has 1 N–H and O–H groups in total. The number of piperazine rings is 1. The number of alkyl halides is 3. The van der Waals surface area contributed by atoms with Crippen LogP contribution in [0.4, 0.5) is 24.9 Å². The van der Waals surface area contributed by atoms with E-state index in [1.54, 1.807) is 18.8 Å². The lowest BCUT2D eigenvalue weighted by molar-refractivity contribution is -0.141. The van der Waals surface area contributed by atoms with Crippen LogP contribution in [0.15, 0.2) is 23.4 Å². The molecule has 1 aliphatic heterocycles. The Hall–Kier alpha value is -2.34. The number of nitrogens with zero attached hydrogens (tertiary/aromatic N) is 7. The first-order chi connectivity index (χ1) is 15.4. The second-order valence-corrected chi connectivity index (χ2v) is 10.0. The van der Waals surface area contributed by atoms with Crippen LogP contribution in [0.25, 0.3) is 0 Å². The predicted molar refractivity (Wildman–Crippen MR) is 125 cm³/mol. The van der Waals surface area contributed by atoms with E-state index in [0.717, 1.165) is 23.3 Å². The van der Waals surface area contributed by atoms with E-state index in [-0.39, 0.29) is 5.82 Å². The van der Waals surface area contributed by atoms with Gasteiger partial charge in [-0.2, -0.15) is 13.2 Å². The van der Waals surface area contributed by atoms with Gasteiger partial charge in [0.1, 0.15) is 17.3 Å². The quantitative estimate of drug-likeness (QED) is 0.473. The van der Waals surface area contributed by atoms with Crippen LogP contribution >= 0.6 is 11.8 Å². The zero-order chi connectivity index (χ0) is 24.4. The summed E-state index contributed by atoms with van der Waals surface area (Å²) in [5.41, 5.74) is -0.418. The summed E-state index contributed by atoms with van der Waals surface area (Å²) < 4.78 is 42.1. The molecule has 0 aliphatic carbocycles. The molecule has 0 saturated carbocycles. The van der Waals surface area contributed by atoms with Crippen LogP contribution in [0.5, 0.6) is 0 Å². The molecule has 12 heteroatoms. The van der Waals surface area contributed by atoms with E-state index >= 15 is 0 Å². The molecular formula is C21H31F3N8S. The number of thioether (sulfide) groups is 1. The number of rotatable bonds is 7. The maximum atomic E-state index is 13.4. The lowest BCUT2D eigenvalue weighted by Crippen LogP contribution is -2.47. The van der Waals surface area contributed by atoms with Crippen LogP contribution in [-0.4, -0.2) is 75.2 Å². The van der Waals surface area contributed by atoms with Crippen LogP contribution in [0, 0.1) is 0 Å². The number of hydrogen-bond acceptors (Lipinski definition) is 8. The molecule has 33 heavy (non-hydrogen) atoms. The highest BCUT2D eigenvalue weighted by Crippen LogP contribution is 2.32. The normalized spacial score (nSPS) is 15.7. The molecule has 1 saturated heterocycles. The van der Waals surface area contributed by atoms with Gasteiger partial charge in [0.15, 0.2) is 5.16 Å². The van der Waals surface area contributed by atoms with Gasteiger partial charge in [-0.05, 0) is 0 Å². The van der Waals surface area contributed by atoms with E-state index in [9.17, 15) is 13.2 Å². The highest BCUT2D eigenvalue weighted by Gasteiger charge is 2.36. The van der Waals surface area contributed by atoms with Crippen molar-refractivity contribution >= 4 is 23.5 Å². The summed E-state index contributed by atoms with van der Waals surface area (Å²) in [4.78, 5) is 12.4. The Morgan fingerprint density at radius 2 is 1.79 bits per heavy atom. The van der Waals surface area contributed by atoms with Gasteiger partial charge >= 0.3 is 6.18 Å². The maximum absolute atomic E-state index is 13.4. The summed E-state index contributed by atoms with van der Waals surface area (Å²) in [5, 5.41) is 12.0. The van der Waals surface area contributed by atoms with Crippen molar-refractivity contribution in [3.63, 3.8) is 0 Å². The van der Waals surface area contributed by atoms with Gasteiger partial charge in [-0.3, -0.25) is 9.47 Å². The Morgan fingerprint density at radius 3 is 2.33 bits per heavy atom. The van der Waals surface area contributed by atoms with Gasteiger partial charge in [0, 0.05) is 64.1 Å². The van der Waals surface area contributed by atoms with Crippen molar-refractivity contribution in [1.82, 2.24) is 29.6 Å². The first-order valence-corrected chi connectivity index (χ1v) is 11.7. The van der Waals surface area contributed by atoms with Gasteiger partial charge in [0.25, 0.3) is 0 Å². The number of halogens is 3. The molecular weight excluding hydrogens is 453 g/mol. The zero-order valence-corrected chi connectivity index (χ0v) is 20.5. The Bertz CT molecular complexity index is 943. The molecule has 0 spiro atoms. The average molecular weight is 485 g/mol. The minimum Gasteiger partial charge on any atom is -0.357 e. The SMILES string of the molecule is C=C(CSc1nnc(NC)n1C)CN1CCN(c2cc(C(F)(F)F)nc(C(C)(C)C)n2)CC1. The molecule has 2 aromatic heterocycles. The smallest absolute Gasteiger partial charge is 0.357 e. The third kappa shape index (κ3) is 6.38. The first kappa shape index (κ1) is 25.3. The van der Waals surface area contributed by atoms with E-state index < -0.39 is 17.3 Å². The maximum Gasteiger partial charge on any atom is 0.433 e. The second-order valence-electron chi connectivity index (χ2n) is 9.10. The van der Waals surface area contributed by atoms with Crippen molar-refractivity contribution in [3.8, 4) is 0 Å². The standard InChI is InChI=1S/C21H31F3N8S/c1-14(13-33-19-29-28-18(25-5)30(19)6)12-31-7-9-32(10-8-31)16-11-15(21(22,23)24)26-17(27-16)20(2,3)4/h11H,1,7-10,12-13H2,2-6H3,(H,25,28). The van der Waals surface area contributed by atoms with Gasteiger partial charge in [-0.25, -0.2) is 9.97 Å². The molecule has 0 bridgehead atoms. The molecule has 0 atom stereocenters. The second kappa shape index (κ2) is 9.88. The minimum absolute atomic E-state index is 0.199. The van der Waals surface area contributed by atoms with Crippen molar-refractivity contribution < 1.29 is 13.2 Å². The molecule has 1 aliphatic rings. The van der Waals surface area contributed by atoms with Gasteiger partial charge < -0.3 is 10.2 Å². The molecule has 0 amide bonds. The van der Waals surface area contributed by atoms with Crippen molar-refractivity contribution in [2.75, 3.05) is 55.7 Å². The summed E-state index contributed by atoms with van der Waals surface area (Å²) in [7, 11) is 3.70. The fraction of sp³-hybridized carbons (Fsp3) is 0.619. The number of aromatic nitrogens is 5. The minimum atomic E-state index is -4.51. The van der Waals surface area contributed by atoms with Crippen molar-refractivity contribution in [2.24, 2.45) is 7.05 Å². The lowest BCUT2D eigenvalue weighted by atomic mass is 9.95. The first-order valence-electron chi connectivity index (χ1n) is 10.7. The van der Waals surface area contributed by atoms with Crippen LogP contribution in [-0.2, 0) is 18.6 Å². The Kier molecular flexibility index (Phi) is 7.57. The van der Waals surface area contributed by atoms with Crippen LogP contribution in [0.2, 0.25) is 0 Å². The average Bonchev–Trinajstić information content (AvgIpc) is 3.10. The summed E-state index contributed by atoms with van der Waals surface area (Å²) in [5.74, 6) is 1.95. The van der Waals surface area contributed by atoms with Crippen molar-refractivity contribution in [1.29, 1.82) is 0 Å². The summed E-state index contributed by atoms with van der Waals surface area (Å²) >= 11 is 1.57. The summed E-state index contributed by atoms with van der Waals surface area (Å²) in [6, 6.07) is 1.06. The molecule has 3 heterocycles. The van der Waals surface area contributed by atoms with Crippen molar-refractivity contribution in [2.45, 2.75) is 37.5 Å². The van der Waals surface area contributed by atoms with Crippen LogP contribution < -0.4 is 10.2 Å².